The molecule has 0 bridgehead atoms. The van der Waals surface area contributed by atoms with Crippen LogP contribution in [0.2, 0.25) is 0 Å². The highest BCUT2D eigenvalue weighted by Gasteiger charge is 2.47. The molecule has 0 spiro atoms. The summed E-state index contributed by atoms with van der Waals surface area (Å²) in [4.78, 5) is 248. The molecule has 0 unspecified atom stereocenters. The largest absolute Gasteiger partial charge is 0.492 e. The summed E-state index contributed by atoms with van der Waals surface area (Å²) in [6, 6.07) is 5.60. The molecule has 1 aliphatic heterocycles. The van der Waals surface area contributed by atoms with E-state index in [1.807, 2.05) is 31.2 Å². The van der Waals surface area contributed by atoms with E-state index >= 15 is 28.8 Å². The van der Waals surface area contributed by atoms with Crippen LogP contribution in [0.15, 0.2) is 91.1 Å². The molecule has 1 fully saturated rings. The Bertz CT molecular complexity index is 4950. The van der Waals surface area contributed by atoms with Crippen LogP contribution in [0.1, 0.15) is 182 Å². The van der Waals surface area contributed by atoms with E-state index in [0.717, 1.165) is 46.4 Å². The van der Waals surface area contributed by atoms with E-state index in [1.54, 1.807) is 80.7 Å². The molecule has 42 heteroatoms. The first-order chi connectivity index (χ1) is 62.5. The first-order valence-electron chi connectivity index (χ1n) is 44.5. The first kappa shape index (κ1) is 110. The Labute approximate surface area is 782 Å². The van der Waals surface area contributed by atoms with Crippen molar-refractivity contribution in [1.82, 2.24) is 79.4 Å². The van der Waals surface area contributed by atoms with Gasteiger partial charge in [-0.15, -0.1) is 0 Å². The van der Waals surface area contributed by atoms with E-state index in [4.69, 9.17) is 39.1 Å². The SMILES string of the molecule is CC(=O)NCCCC[C@H](NC(=O)[C@](C)(CCCCN)NC(=O)[C@H](Cc1ccc2ccccc2c1)NC(=O)[C@H](Cc1ccc(OCCN)cc1)NC(=O)[C@H]1NC(=O)[C@H](CCCCNC(=O)C(C)(C)N)NC(=O)[C@H](Cc2c[nH]c3c(C)cccc23)NC(=O)[C@H]([C@@H](C)O)NC(=O)[C@H](CC(N)=O)NC(=O)[C@@H](NC(C)=O)C(C)(C)SSC1(C)C)C(=O)N[C@@H](CC(N)=O)C(=O)N[C@H](CC(C)C)C(N)=O. The van der Waals surface area contributed by atoms with Crippen molar-refractivity contribution in [2.45, 2.75) is 279 Å². The van der Waals surface area contributed by atoms with Gasteiger partial charge in [0.05, 0.1) is 24.5 Å². The van der Waals surface area contributed by atoms with Crippen LogP contribution >= 0.6 is 21.6 Å². The van der Waals surface area contributed by atoms with Gasteiger partial charge in [-0.05, 0) is 184 Å². The Balaban J connectivity index is 1.56. The molecule has 0 radical (unpaired) electrons. The Hall–Kier alpha value is -12.0. The van der Waals surface area contributed by atoms with E-state index < -0.39 is 207 Å². The summed E-state index contributed by atoms with van der Waals surface area (Å²) in [6.45, 7) is 19.9. The first-order valence-corrected chi connectivity index (χ1v) is 46.6. The van der Waals surface area contributed by atoms with Gasteiger partial charge in [0, 0.05) is 79.3 Å². The summed E-state index contributed by atoms with van der Waals surface area (Å²) in [5, 5.41) is 51.0. The van der Waals surface area contributed by atoms with Gasteiger partial charge >= 0.3 is 0 Å². The molecule has 5 aromatic rings. The van der Waals surface area contributed by atoms with Crippen molar-refractivity contribution in [3.05, 3.63) is 113 Å². The lowest BCUT2D eigenvalue weighted by Crippen LogP contribution is -2.65. The molecule has 1 aromatic heterocycles. The monoisotopic (exact) mass is 1890 g/mol. The molecule has 6 rings (SSSR count). The van der Waals surface area contributed by atoms with Gasteiger partial charge in [0.25, 0.3) is 0 Å². The molecule has 40 nitrogen and oxygen atoms in total. The van der Waals surface area contributed by atoms with E-state index in [0.29, 0.717) is 45.1 Å². The molecule has 1 saturated heterocycles. The number of fused-ring (bicyclic) bond motifs is 2. The summed E-state index contributed by atoms with van der Waals surface area (Å²) in [7, 11) is 1.80. The van der Waals surface area contributed by atoms with Crippen molar-refractivity contribution in [2.75, 3.05) is 32.8 Å². The summed E-state index contributed by atoms with van der Waals surface area (Å²) in [6.07, 6.45) is -2.29. The number of carbonyl (C=O) groups is 17. The van der Waals surface area contributed by atoms with Gasteiger partial charge in [-0.3, -0.25) is 81.5 Å². The number of nitrogens with one attached hydrogen (secondary N) is 15. The Morgan fingerprint density at radius 2 is 1.15 bits per heavy atom. The maximum Gasteiger partial charge on any atom is 0.246 e. The van der Waals surface area contributed by atoms with E-state index in [1.165, 1.54) is 55.4 Å². The lowest BCUT2D eigenvalue weighted by molar-refractivity contribution is -0.138. The lowest BCUT2D eigenvalue weighted by atomic mass is 9.91. The number of para-hydroxylation sites is 1. The predicted molar refractivity (Wildman–Crippen MR) is 504 cm³/mol. The number of ether oxygens (including phenoxy) is 1. The lowest BCUT2D eigenvalue weighted by Gasteiger charge is -2.39. The molecule has 133 heavy (non-hydrogen) atoms. The molecule has 28 N–H and O–H groups in total. The van der Waals surface area contributed by atoms with Crippen LogP contribution in [0.4, 0.5) is 0 Å². The normalized spacial score (nSPS) is 19.2. The maximum absolute atomic E-state index is 16.4. The number of aliphatic hydroxyl groups is 1. The van der Waals surface area contributed by atoms with Crippen molar-refractivity contribution < 1.29 is 91.4 Å². The number of aryl methyl sites for hydroxylation is 1. The zero-order valence-electron chi connectivity index (χ0n) is 77.9. The van der Waals surface area contributed by atoms with Crippen molar-refractivity contribution in [3.63, 3.8) is 0 Å². The van der Waals surface area contributed by atoms with Crippen molar-refractivity contribution in [1.29, 1.82) is 0 Å². The Morgan fingerprint density at radius 3 is 1.77 bits per heavy atom. The molecule has 0 saturated carbocycles. The third kappa shape index (κ3) is 34.8. The number of benzene rings is 4. The van der Waals surface area contributed by atoms with Crippen LogP contribution in [0.5, 0.6) is 5.75 Å². The van der Waals surface area contributed by atoms with E-state index in [2.05, 4.69) is 79.4 Å². The zero-order valence-corrected chi connectivity index (χ0v) is 79.5. The number of aromatic nitrogens is 1. The number of primary amides is 3. The van der Waals surface area contributed by atoms with Crippen LogP contribution in [-0.4, -0.2) is 236 Å². The van der Waals surface area contributed by atoms with Gasteiger partial charge in [0.1, 0.15) is 84.4 Å². The van der Waals surface area contributed by atoms with Crippen LogP contribution in [0.3, 0.4) is 0 Å². The number of aliphatic hydroxyl groups excluding tert-OH is 1. The highest BCUT2D eigenvalue weighted by atomic mass is 33.1. The number of rotatable bonds is 45. The zero-order chi connectivity index (χ0) is 99.0. The number of nitrogens with two attached hydrogens (primary N) is 6. The topological polar surface area (TPSA) is 660 Å². The molecule has 0 aliphatic carbocycles. The fourth-order valence-corrected chi connectivity index (χ4v) is 17.6. The quantitative estimate of drug-likeness (QED) is 0.0169. The summed E-state index contributed by atoms with van der Waals surface area (Å²) < 4.78 is 2.56. The molecule has 17 amide bonds. The smallest absolute Gasteiger partial charge is 0.246 e. The average molecular weight is 1890 g/mol. The standard InChI is InChI=1S/C91H135N21O19S2/c1-49(2)41-63(75(96)118)103-80(123)67(46-69(94)116)105-76(119)62(28-16-20-38-98-52(5)114)109-87(130)91(13,35-18-19-36-92)112-82(125)65(44-55-29-32-56-24-14-15-25-57(56)42-55)104-78(121)64(43-54-30-33-59(34-31-54)131-40-37-93)107-85(128)74-90(11,12)133-132-89(9,10)73(101-53(6)115)84(127)108-68(47-70(95)117)81(124)110-72(51(4)113)83(126)106-66(45-58-48-100-71-50(3)23-22-26-60(58)71)79(122)102-61(77(120)111-74)27-17-21-39-99-86(129)88(7,8)97/h14-15,22-26,29-34,42,48-49,51,61-68,72-74,100,113H,16-21,27-28,35-41,43-47,92-93,97H2,1-13H3,(H2,94,116)(H2,95,117)(H2,96,118)(H,98,114)(H,99,129)(H,101,115)(H,102,122)(H,103,123)(H,104,121)(H,105,119)(H,106,126)(H,107,128)(H,108,127)(H,109,130)(H,110,124)(H,111,120)(H,112,125)/t51-,61+,62+,63-,64+,65+,66+,67+,68+,72+,73-,74-,91+/m1/s1. The second kappa shape index (κ2) is 51.3. The van der Waals surface area contributed by atoms with Crippen LogP contribution in [-0.2, 0) is 101 Å². The maximum atomic E-state index is 16.4. The summed E-state index contributed by atoms with van der Waals surface area (Å²) in [5.41, 5.74) is 34.4. The molecular weight excluding hydrogens is 1760 g/mol. The number of aromatic amines is 1. The Morgan fingerprint density at radius 1 is 0.564 bits per heavy atom. The van der Waals surface area contributed by atoms with Crippen molar-refractivity contribution >= 4 is 144 Å². The third-order valence-electron chi connectivity index (χ3n) is 22.2. The van der Waals surface area contributed by atoms with Gasteiger partial charge < -0.3 is 124 Å². The highest BCUT2D eigenvalue weighted by molar-refractivity contribution is 8.77. The predicted octanol–water partition coefficient (Wildman–Crippen LogP) is -0.703. The second-order valence-corrected chi connectivity index (χ2v) is 39.3. The van der Waals surface area contributed by atoms with Crippen molar-refractivity contribution in [2.24, 2.45) is 40.3 Å². The number of carbonyl (C=O) groups excluding carboxylic acids is 17. The molecule has 730 valence electrons. The van der Waals surface area contributed by atoms with Gasteiger partial charge in [-0.1, -0.05) is 108 Å². The number of unbranched alkanes of at least 4 members (excludes halogenated alkanes) is 3. The van der Waals surface area contributed by atoms with Crippen molar-refractivity contribution in [3.8, 4) is 5.75 Å². The third-order valence-corrected chi connectivity index (χ3v) is 26.5. The van der Waals surface area contributed by atoms with Gasteiger partial charge in [0.15, 0.2) is 0 Å². The molecule has 1 aliphatic rings. The highest BCUT2D eigenvalue weighted by Crippen LogP contribution is 2.47. The molecule has 4 aromatic carbocycles. The number of hydrogen-bond donors (Lipinski definition) is 22. The minimum atomic E-state index is -2.03. The fourth-order valence-electron chi connectivity index (χ4n) is 14.8. The second-order valence-electron chi connectivity index (χ2n) is 35.9. The van der Waals surface area contributed by atoms with Gasteiger partial charge in [-0.25, -0.2) is 0 Å². The summed E-state index contributed by atoms with van der Waals surface area (Å²) in [5.74, 6) is -16.1. The van der Waals surface area contributed by atoms with E-state index in [-0.39, 0.29) is 115 Å². The van der Waals surface area contributed by atoms with Crippen LogP contribution in [0, 0.1) is 12.8 Å². The van der Waals surface area contributed by atoms with Crippen LogP contribution < -0.4 is 114 Å². The van der Waals surface area contributed by atoms with Gasteiger partial charge in [0.2, 0.25) is 100 Å². The molecular formula is C91H135N21O19S2. The molecule has 2 heterocycles. The molecule has 13 atom stereocenters. The van der Waals surface area contributed by atoms with E-state index in [9.17, 15) is 57.8 Å². The minimum Gasteiger partial charge on any atom is -0.492 e. The minimum absolute atomic E-state index is 0.0198. The Kier molecular flexibility index (Phi) is 42.3. The number of amides is 17. The summed E-state index contributed by atoms with van der Waals surface area (Å²) >= 11 is 0. The fraction of sp³-hybridized carbons (Fsp3) is 0.549. The number of H-pyrrole nitrogens is 1. The number of hydrogen-bond acceptors (Lipinski definition) is 24. The van der Waals surface area contributed by atoms with Crippen LogP contribution in [0.25, 0.3) is 21.7 Å². The van der Waals surface area contributed by atoms with Gasteiger partial charge in [-0.2, -0.15) is 0 Å². The average Bonchev–Trinajstić information content (AvgIpc) is 1.68.